The summed E-state index contributed by atoms with van der Waals surface area (Å²) < 4.78 is 15.1. The molecule has 0 atom stereocenters. The van der Waals surface area contributed by atoms with Crippen LogP contribution in [-0.4, -0.2) is 35.5 Å². The minimum absolute atomic E-state index is 0.0297. The highest BCUT2D eigenvalue weighted by Crippen LogP contribution is 2.61. The topological polar surface area (TPSA) is 45.2 Å². The molecule has 0 radical (unpaired) electrons. The number of thiazole rings is 1. The van der Waals surface area contributed by atoms with Crippen LogP contribution >= 0.6 is 11.3 Å². The van der Waals surface area contributed by atoms with E-state index < -0.39 is 0 Å². The summed E-state index contributed by atoms with van der Waals surface area (Å²) in [4.78, 5) is 19.1. The Labute approximate surface area is 200 Å². The van der Waals surface area contributed by atoms with Crippen molar-refractivity contribution in [3.63, 3.8) is 0 Å². The van der Waals surface area contributed by atoms with Crippen LogP contribution in [0.3, 0.4) is 0 Å². The first-order chi connectivity index (χ1) is 16.1. The predicted molar refractivity (Wildman–Crippen MR) is 130 cm³/mol. The molecule has 2 aromatic rings. The van der Waals surface area contributed by atoms with Crippen LogP contribution in [0.25, 0.3) is 10.6 Å². The highest BCUT2D eigenvalue weighted by atomic mass is 32.1. The fraction of sp³-hybridized carbons (Fsp3) is 0.630. The maximum absolute atomic E-state index is 15.1. The van der Waals surface area contributed by atoms with Gasteiger partial charge in [-0.25, -0.2) is 14.2 Å². The van der Waals surface area contributed by atoms with Gasteiger partial charge in [0.2, 0.25) is 0 Å². The minimum Gasteiger partial charge on any atom is -0.338 e. The Bertz CT molecular complexity index is 993. The fourth-order valence-electron chi connectivity index (χ4n) is 7.57. The van der Waals surface area contributed by atoms with E-state index in [1.807, 2.05) is 11.0 Å². The molecule has 176 valence electrons. The first-order valence-corrected chi connectivity index (χ1v) is 13.7. The molecule has 1 saturated heterocycles. The lowest BCUT2D eigenvalue weighted by Gasteiger charge is -2.57. The van der Waals surface area contributed by atoms with Crippen LogP contribution in [0.15, 0.2) is 23.6 Å². The number of carbonyl (C=O) groups excluding carboxylic acids is 1. The molecule has 1 aliphatic heterocycles. The third-order valence-corrected chi connectivity index (χ3v) is 9.62. The van der Waals surface area contributed by atoms with Gasteiger partial charge in [-0.15, -0.1) is 11.3 Å². The lowest BCUT2D eigenvalue weighted by molar-refractivity contribution is -0.00672. The smallest absolute Gasteiger partial charge is 0.317 e. The minimum atomic E-state index is -0.0297. The van der Waals surface area contributed by atoms with E-state index in [0.717, 1.165) is 71.9 Å². The van der Waals surface area contributed by atoms with Crippen LogP contribution in [0.4, 0.5) is 9.18 Å². The van der Waals surface area contributed by atoms with Gasteiger partial charge in [0, 0.05) is 37.0 Å². The molecule has 5 aliphatic rings. The SMILES string of the molecule is O=C(NCCc1csc(-c2ccc(F)c(C34CC5CC(CC(C5)C3)C4)c2)n1)N1CCCCC1. The van der Waals surface area contributed by atoms with Crippen molar-refractivity contribution in [3.8, 4) is 10.6 Å². The lowest BCUT2D eigenvalue weighted by Crippen LogP contribution is -2.48. The fourth-order valence-corrected chi connectivity index (χ4v) is 8.42. The Morgan fingerprint density at radius 3 is 2.48 bits per heavy atom. The van der Waals surface area contributed by atoms with Gasteiger partial charge >= 0.3 is 6.03 Å². The normalized spacial score (nSPS) is 30.6. The number of hydrogen-bond donors (Lipinski definition) is 1. The molecule has 4 aliphatic carbocycles. The Balaban J connectivity index is 1.14. The van der Waals surface area contributed by atoms with E-state index in [1.165, 1.54) is 44.9 Å². The van der Waals surface area contributed by atoms with E-state index in [1.54, 1.807) is 17.4 Å². The first kappa shape index (κ1) is 21.6. The first-order valence-electron chi connectivity index (χ1n) is 12.9. The molecule has 6 heteroatoms. The van der Waals surface area contributed by atoms with Crippen molar-refractivity contribution in [1.29, 1.82) is 0 Å². The molecule has 7 rings (SSSR count). The van der Waals surface area contributed by atoms with Crippen molar-refractivity contribution in [3.05, 3.63) is 40.7 Å². The number of piperidine rings is 1. The molecule has 5 fully saturated rings. The lowest BCUT2D eigenvalue weighted by atomic mass is 9.48. The number of rotatable bonds is 5. The molecular formula is C27H34FN3OS. The molecule has 0 spiro atoms. The van der Waals surface area contributed by atoms with Gasteiger partial charge in [-0.1, -0.05) is 0 Å². The predicted octanol–water partition coefficient (Wildman–Crippen LogP) is 6.16. The summed E-state index contributed by atoms with van der Waals surface area (Å²) in [5.74, 6) is 2.36. The van der Waals surface area contributed by atoms with Crippen LogP contribution in [0.5, 0.6) is 0 Å². The molecule has 1 N–H and O–H groups in total. The van der Waals surface area contributed by atoms with E-state index in [2.05, 4.69) is 16.8 Å². The number of hydrogen-bond acceptors (Lipinski definition) is 3. The molecule has 2 amide bonds. The van der Waals surface area contributed by atoms with Crippen molar-refractivity contribution in [1.82, 2.24) is 15.2 Å². The number of carbonyl (C=O) groups is 1. The zero-order valence-electron chi connectivity index (χ0n) is 19.3. The van der Waals surface area contributed by atoms with Crippen LogP contribution in [0.2, 0.25) is 0 Å². The zero-order chi connectivity index (χ0) is 22.4. The molecule has 33 heavy (non-hydrogen) atoms. The van der Waals surface area contributed by atoms with Crippen molar-refractivity contribution >= 4 is 17.4 Å². The Morgan fingerprint density at radius 2 is 1.79 bits per heavy atom. The number of halogens is 1. The average molecular weight is 468 g/mol. The Morgan fingerprint density at radius 1 is 1.09 bits per heavy atom. The Hall–Kier alpha value is -1.95. The van der Waals surface area contributed by atoms with E-state index in [-0.39, 0.29) is 17.3 Å². The summed E-state index contributed by atoms with van der Waals surface area (Å²) in [7, 11) is 0. The molecular weight excluding hydrogens is 433 g/mol. The van der Waals surface area contributed by atoms with Crippen molar-refractivity contribution < 1.29 is 9.18 Å². The van der Waals surface area contributed by atoms with E-state index >= 15 is 4.39 Å². The van der Waals surface area contributed by atoms with Crippen LogP contribution in [0, 0.1) is 23.6 Å². The molecule has 2 heterocycles. The third kappa shape index (κ3) is 4.20. The van der Waals surface area contributed by atoms with Crippen molar-refractivity contribution in [2.45, 2.75) is 69.6 Å². The second-order valence-corrected chi connectivity index (χ2v) is 11.9. The number of aromatic nitrogens is 1. The average Bonchev–Trinajstić information content (AvgIpc) is 3.28. The number of urea groups is 1. The summed E-state index contributed by atoms with van der Waals surface area (Å²) in [5.41, 5.74) is 3.03. The number of likely N-dealkylation sites (tertiary alicyclic amines) is 1. The monoisotopic (exact) mass is 467 g/mol. The second-order valence-electron chi connectivity index (χ2n) is 11.1. The van der Waals surface area contributed by atoms with Gasteiger partial charge in [-0.2, -0.15) is 0 Å². The van der Waals surface area contributed by atoms with E-state index in [4.69, 9.17) is 4.98 Å². The van der Waals surface area contributed by atoms with Gasteiger partial charge in [-0.3, -0.25) is 0 Å². The second kappa shape index (κ2) is 8.68. The Kier molecular flexibility index (Phi) is 5.68. The highest BCUT2D eigenvalue weighted by Gasteiger charge is 2.52. The number of benzene rings is 1. The quantitative estimate of drug-likeness (QED) is 0.573. The van der Waals surface area contributed by atoms with Crippen molar-refractivity contribution in [2.75, 3.05) is 19.6 Å². The van der Waals surface area contributed by atoms with Crippen LogP contribution in [0.1, 0.15) is 69.0 Å². The van der Waals surface area contributed by atoms with Gasteiger partial charge in [0.05, 0.1) is 5.69 Å². The summed E-state index contributed by atoms with van der Waals surface area (Å²) in [6.45, 7) is 2.33. The largest absolute Gasteiger partial charge is 0.338 e. The maximum Gasteiger partial charge on any atom is 0.317 e. The summed E-state index contributed by atoms with van der Waals surface area (Å²) in [6.07, 6.45) is 11.7. The van der Waals surface area contributed by atoms with Gasteiger partial charge in [0.1, 0.15) is 10.8 Å². The van der Waals surface area contributed by atoms with E-state index in [9.17, 15) is 4.79 Å². The summed E-state index contributed by atoms with van der Waals surface area (Å²) in [5, 5.41) is 6.08. The third-order valence-electron chi connectivity index (χ3n) is 8.68. The molecule has 1 aromatic carbocycles. The van der Waals surface area contributed by atoms with Gasteiger partial charge in [0.15, 0.2) is 0 Å². The molecule has 0 unspecified atom stereocenters. The maximum atomic E-state index is 15.1. The number of amides is 2. The highest BCUT2D eigenvalue weighted by molar-refractivity contribution is 7.13. The summed E-state index contributed by atoms with van der Waals surface area (Å²) in [6, 6.07) is 5.72. The summed E-state index contributed by atoms with van der Waals surface area (Å²) >= 11 is 1.62. The molecule has 4 bridgehead atoms. The van der Waals surface area contributed by atoms with Crippen LogP contribution < -0.4 is 5.32 Å². The molecule has 4 nitrogen and oxygen atoms in total. The van der Waals surface area contributed by atoms with Gasteiger partial charge in [0.25, 0.3) is 0 Å². The zero-order valence-corrected chi connectivity index (χ0v) is 20.1. The van der Waals surface area contributed by atoms with Crippen molar-refractivity contribution in [2.24, 2.45) is 17.8 Å². The van der Waals surface area contributed by atoms with Gasteiger partial charge in [-0.05, 0) is 105 Å². The molecule has 4 saturated carbocycles. The van der Waals surface area contributed by atoms with Crippen LogP contribution in [-0.2, 0) is 11.8 Å². The number of nitrogens with one attached hydrogen (secondary N) is 1. The van der Waals surface area contributed by atoms with E-state index in [0.29, 0.717) is 6.54 Å². The van der Waals surface area contributed by atoms with Gasteiger partial charge < -0.3 is 10.2 Å². The molecule has 1 aromatic heterocycles. The standard InChI is InChI=1S/C27H34FN3OS/c28-24-5-4-21(13-23(24)27-14-18-10-19(15-27)12-20(11-18)16-27)25-30-22(17-33-25)6-7-29-26(32)31-8-2-1-3-9-31/h4-5,13,17-20H,1-3,6-12,14-16H2,(H,29,32). The number of nitrogens with zero attached hydrogens (tertiary/aromatic N) is 2.